The van der Waals surface area contributed by atoms with Gasteiger partial charge in [-0.25, -0.2) is 4.79 Å². The second-order valence-electron chi connectivity index (χ2n) is 7.81. The molecule has 3 aromatic rings. The fourth-order valence-corrected chi connectivity index (χ4v) is 3.86. The largest absolute Gasteiger partial charge is 0.433 e. The standard InChI is InChI=1S/C22H19F3N6O3/c1-12-10-31(2)30-17(12)21(19(33)28-20(34)29-21)11-27-18(32)15-6-4-3-5-14(15)13-7-8-16(26-9-13)22(23,24)25/h3-10H,11H2,1-2H3,(H,27,32)(H2,28,29,33,34). The molecule has 4 rings (SSSR count). The summed E-state index contributed by atoms with van der Waals surface area (Å²) in [7, 11) is 1.66. The maximum Gasteiger partial charge on any atom is 0.433 e. The van der Waals surface area contributed by atoms with E-state index in [4.69, 9.17) is 0 Å². The number of imide groups is 1. The Morgan fingerprint density at radius 2 is 1.91 bits per heavy atom. The molecule has 1 aromatic carbocycles. The van der Waals surface area contributed by atoms with Crippen LogP contribution in [0.4, 0.5) is 18.0 Å². The number of alkyl halides is 3. The lowest BCUT2D eigenvalue weighted by Gasteiger charge is -2.25. The van der Waals surface area contributed by atoms with Crippen molar-refractivity contribution in [3.63, 3.8) is 0 Å². The molecule has 1 aliphatic rings. The van der Waals surface area contributed by atoms with E-state index in [1.54, 1.807) is 38.4 Å². The molecule has 1 saturated heterocycles. The lowest BCUT2D eigenvalue weighted by atomic mass is 9.92. The van der Waals surface area contributed by atoms with E-state index in [1.807, 2.05) is 0 Å². The SMILES string of the molecule is Cc1cn(C)nc1C1(CNC(=O)c2ccccc2-c2ccc(C(F)(F)F)nc2)NC(=O)NC1=O. The van der Waals surface area contributed by atoms with Gasteiger partial charge in [0.2, 0.25) is 0 Å². The topological polar surface area (TPSA) is 118 Å². The van der Waals surface area contributed by atoms with Gasteiger partial charge in [-0.2, -0.15) is 18.3 Å². The number of rotatable bonds is 5. The second kappa shape index (κ2) is 8.28. The van der Waals surface area contributed by atoms with Crippen molar-refractivity contribution in [1.29, 1.82) is 0 Å². The van der Waals surface area contributed by atoms with Gasteiger partial charge in [-0.3, -0.25) is 24.6 Å². The third-order valence-electron chi connectivity index (χ3n) is 5.41. The predicted molar refractivity (Wildman–Crippen MR) is 113 cm³/mol. The van der Waals surface area contributed by atoms with Crippen LogP contribution in [0, 0.1) is 6.92 Å². The summed E-state index contributed by atoms with van der Waals surface area (Å²) in [6.07, 6.45) is -1.87. The summed E-state index contributed by atoms with van der Waals surface area (Å²) in [6, 6.07) is 7.63. The Morgan fingerprint density at radius 1 is 1.18 bits per heavy atom. The van der Waals surface area contributed by atoms with Gasteiger partial charge in [-0.1, -0.05) is 24.3 Å². The molecule has 0 saturated carbocycles. The van der Waals surface area contributed by atoms with Crippen LogP contribution in [0.2, 0.25) is 0 Å². The summed E-state index contributed by atoms with van der Waals surface area (Å²) < 4.78 is 40.0. The van der Waals surface area contributed by atoms with Crippen molar-refractivity contribution in [2.45, 2.75) is 18.6 Å². The van der Waals surface area contributed by atoms with E-state index < -0.39 is 35.3 Å². The molecule has 34 heavy (non-hydrogen) atoms. The first-order valence-corrected chi connectivity index (χ1v) is 10.1. The van der Waals surface area contributed by atoms with Crippen molar-refractivity contribution in [2.24, 2.45) is 7.05 Å². The maximum atomic E-state index is 13.1. The van der Waals surface area contributed by atoms with Crippen molar-refractivity contribution in [3.8, 4) is 11.1 Å². The van der Waals surface area contributed by atoms with Gasteiger partial charge < -0.3 is 10.6 Å². The monoisotopic (exact) mass is 472 g/mol. The van der Waals surface area contributed by atoms with E-state index in [9.17, 15) is 27.6 Å². The molecule has 9 nitrogen and oxygen atoms in total. The molecular formula is C22H19F3N6O3. The van der Waals surface area contributed by atoms with Crippen LogP contribution in [-0.2, 0) is 23.6 Å². The molecule has 1 fully saturated rings. The molecular weight excluding hydrogens is 453 g/mol. The Hall–Kier alpha value is -4.22. The number of urea groups is 1. The van der Waals surface area contributed by atoms with Gasteiger partial charge in [0.25, 0.3) is 11.8 Å². The smallest absolute Gasteiger partial charge is 0.349 e. The minimum Gasteiger partial charge on any atom is -0.349 e. The number of hydrogen-bond acceptors (Lipinski definition) is 5. The molecule has 3 heterocycles. The highest BCUT2D eigenvalue weighted by atomic mass is 19.4. The Morgan fingerprint density at radius 3 is 2.47 bits per heavy atom. The lowest BCUT2D eigenvalue weighted by Crippen LogP contribution is -2.53. The summed E-state index contributed by atoms with van der Waals surface area (Å²) >= 11 is 0. The zero-order chi connectivity index (χ0) is 24.7. The highest BCUT2D eigenvalue weighted by Gasteiger charge is 2.50. The molecule has 176 valence electrons. The molecule has 0 spiro atoms. The number of amides is 4. The average Bonchev–Trinajstić information content (AvgIpc) is 3.28. The third kappa shape index (κ3) is 4.09. The van der Waals surface area contributed by atoms with Crippen molar-refractivity contribution >= 4 is 17.8 Å². The third-order valence-corrected chi connectivity index (χ3v) is 5.41. The number of halogens is 3. The fraction of sp³-hybridized carbons (Fsp3) is 0.227. The number of hydrogen-bond donors (Lipinski definition) is 3. The Bertz CT molecular complexity index is 1290. The minimum absolute atomic E-state index is 0.154. The molecule has 1 unspecified atom stereocenters. The number of carbonyl (C=O) groups excluding carboxylic acids is 3. The van der Waals surface area contributed by atoms with E-state index in [-0.39, 0.29) is 17.8 Å². The van der Waals surface area contributed by atoms with Gasteiger partial charge in [0.1, 0.15) is 11.4 Å². The Kier molecular flexibility index (Phi) is 5.59. The van der Waals surface area contributed by atoms with Crippen LogP contribution >= 0.6 is 0 Å². The van der Waals surface area contributed by atoms with Crippen molar-refractivity contribution in [3.05, 3.63) is 71.3 Å². The van der Waals surface area contributed by atoms with Crippen LogP contribution in [0.15, 0.2) is 48.8 Å². The summed E-state index contributed by atoms with van der Waals surface area (Å²) in [5.74, 6) is -1.27. The number of nitrogens with zero attached hydrogens (tertiary/aromatic N) is 3. The van der Waals surface area contributed by atoms with E-state index >= 15 is 0 Å². The highest BCUT2D eigenvalue weighted by Crippen LogP contribution is 2.30. The van der Waals surface area contributed by atoms with Crippen LogP contribution in [0.25, 0.3) is 11.1 Å². The molecule has 3 N–H and O–H groups in total. The Balaban J connectivity index is 1.63. The zero-order valence-electron chi connectivity index (χ0n) is 18.0. The first-order valence-electron chi connectivity index (χ1n) is 10.1. The summed E-state index contributed by atoms with van der Waals surface area (Å²) in [5, 5.41) is 11.7. The predicted octanol–water partition coefficient (Wildman–Crippen LogP) is 2.27. The van der Waals surface area contributed by atoms with Crippen LogP contribution in [0.5, 0.6) is 0 Å². The highest BCUT2D eigenvalue weighted by molar-refractivity contribution is 6.08. The van der Waals surface area contributed by atoms with Crippen molar-refractivity contribution in [2.75, 3.05) is 6.54 Å². The molecule has 0 radical (unpaired) electrons. The van der Waals surface area contributed by atoms with E-state index in [1.165, 1.54) is 16.8 Å². The molecule has 1 atom stereocenters. The molecule has 0 bridgehead atoms. The van der Waals surface area contributed by atoms with Crippen LogP contribution in [0.1, 0.15) is 27.3 Å². The van der Waals surface area contributed by atoms with E-state index in [2.05, 4.69) is 26.0 Å². The van der Waals surface area contributed by atoms with Crippen LogP contribution < -0.4 is 16.0 Å². The van der Waals surface area contributed by atoms with Gasteiger partial charge >= 0.3 is 12.2 Å². The summed E-state index contributed by atoms with van der Waals surface area (Å²) in [5.41, 5.74) is -0.951. The second-order valence-corrected chi connectivity index (χ2v) is 7.81. The van der Waals surface area contributed by atoms with Crippen molar-refractivity contribution < 1.29 is 27.6 Å². The van der Waals surface area contributed by atoms with Gasteiger partial charge in [-0.15, -0.1) is 0 Å². The van der Waals surface area contributed by atoms with Crippen LogP contribution in [0.3, 0.4) is 0 Å². The molecule has 12 heteroatoms. The van der Waals surface area contributed by atoms with Gasteiger partial charge in [0, 0.05) is 30.6 Å². The minimum atomic E-state index is -4.58. The molecule has 1 aliphatic heterocycles. The Labute approximate surface area is 191 Å². The molecule has 2 aromatic heterocycles. The summed E-state index contributed by atoms with van der Waals surface area (Å²) in [6.45, 7) is 1.41. The normalized spacial score (nSPS) is 17.9. The number of nitrogens with one attached hydrogen (secondary N) is 3. The first kappa shape index (κ1) is 23.0. The zero-order valence-corrected chi connectivity index (χ0v) is 18.0. The number of carbonyl (C=O) groups is 3. The van der Waals surface area contributed by atoms with Gasteiger partial charge in [0.05, 0.1) is 6.54 Å². The van der Waals surface area contributed by atoms with E-state index in [0.717, 1.165) is 12.3 Å². The first-order chi connectivity index (χ1) is 16.0. The van der Waals surface area contributed by atoms with Gasteiger partial charge in [0.15, 0.2) is 5.54 Å². The van der Waals surface area contributed by atoms with Gasteiger partial charge in [-0.05, 0) is 30.2 Å². The number of benzene rings is 1. The molecule has 0 aliphatic carbocycles. The fourth-order valence-electron chi connectivity index (χ4n) is 3.86. The molecule has 4 amide bonds. The lowest BCUT2D eigenvalue weighted by molar-refractivity contribution is -0.141. The quantitative estimate of drug-likeness (QED) is 0.493. The van der Waals surface area contributed by atoms with Crippen LogP contribution in [-0.4, -0.2) is 39.2 Å². The number of pyridine rings is 1. The average molecular weight is 472 g/mol. The maximum absolute atomic E-state index is 13.1. The number of aromatic nitrogens is 3. The number of aryl methyl sites for hydroxylation is 2. The van der Waals surface area contributed by atoms with Crippen molar-refractivity contribution in [1.82, 2.24) is 30.7 Å². The summed E-state index contributed by atoms with van der Waals surface area (Å²) in [4.78, 5) is 41.2. The van der Waals surface area contributed by atoms with E-state index in [0.29, 0.717) is 16.7 Å².